The van der Waals surface area contributed by atoms with Crippen LogP contribution in [-0.2, 0) is 28.0 Å². The van der Waals surface area contributed by atoms with Crippen LogP contribution in [-0.4, -0.2) is 34.9 Å². The monoisotopic (exact) mass is 534 g/mol. The van der Waals surface area contributed by atoms with Crippen molar-refractivity contribution in [1.82, 2.24) is 10.2 Å². The number of amides is 2. The van der Waals surface area contributed by atoms with Crippen LogP contribution in [0, 0.1) is 0 Å². The zero-order valence-corrected chi connectivity index (χ0v) is 24.0. The molecule has 0 aliphatic carbocycles. The van der Waals surface area contributed by atoms with Crippen LogP contribution in [0.2, 0.25) is 5.02 Å². The average molecular weight is 535 g/mol. The van der Waals surface area contributed by atoms with E-state index in [1.807, 2.05) is 87.5 Å². The molecule has 0 saturated heterocycles. The molecule has 0 aliphatic heterocycles. The summed E-state index contributed by atoms with van der Waals surface area (Å²) in [5, 5.41) is 3.68. The molecule has 6 heteroatoms. The second-order valence-corrected chi connectivity index (χ2v) is 12.1. The van der Waals surface area contributed by atoms with Crippen molar-refractivity contribution in [3.05, 3.63) is 101 Å². The Morgan fingerprint density at radius 3 is 2.00 bits per heavy atom. The van der Waals surface area contributed by atoms with E-state index in [0.29, 0.717) is 17.2 Å². The van der Waals surface area contributed by atoms with Gasteiger partial charge in [0.2, 0.25) is 5.91 Å². The first-order valence-electron chi connectivity index (χ1n) is 12.9. The molecule has 0 radical (unpaired) electrons. The van der Waals surface area contributed by atoms with Gasteiger partial charge in [0.1, 0.15) is 11.8 Å². The Hall–Kier alpha value is -3.31. The van der Waals surface area contributed by atoms with Gasteiger partial charge >= 0.3 is 0 Å². The summed E-state index contributed by atoms with van der Waals surface area (Å²) in [5.41, 5.74) is 2.59. The van der Waals surface area contributed by atoms with Gasteiger partial charge in [-0.1, -0.05) is 87.0 Å². The third kappa shape index (κ3) is 8.91. The molecule has 3 aromatic rings. The van der Waals surface area contributed by atoms with Crippen LogP contribution in [0.3, 0.4) is 0 Å². The van der Waals surface area contributed by atoms with Crippen molar-refractivity contribution in [2.45, 2.75) is 71.5 Å². The van der Waals surface area contributed by atoms with Crippen molar-refractivity contribution in [3.8, 4) is 5.75 Å². The van der Waals surface area contributed by atoms with E-state index in [1.165, 1.54) is 5.56 Å². The summed E-state index contributed by atoms with van der Waals surface area (Å²) >= 11 is 6.10. The highest BCUT2D eigenvalue weighted by atomic mass is 35.5. The van der Waals surface area contributed by atoms with Gasteiger partial charge in [0.05, 0.1) is 0 Å². The lowest BCUT2D eigenvalue weighted by atomic mass is 9.87. The Kier molecular flexibility index (Phi) is 9.61. The molecule has 0 saturated carbocycles. The Balaban J connectivity index is 1.89. The average Bonchev–Trinajstić information content (AvgIpc) is 2.85. The number of hydrogen-bond acceptors (Lipinski definition) is 3. The standard InChI is InChI=1S/C32H39ClN2O3/c1-31(2,3)25-14-18-27(19-15-25)38-22-29(36)35(21-24-12-16-26(33)17-13-24)28(30(37)34-32(4,5)6)20-23-10-8-7-9-11-23/h7-19,28H,20-22H2,1-6H3,(H,34,37). The molecule has 38 heavy (non-hydrogen) atoms. The maximum atomic E-state index is 13.7. The van der Waals surface area contributed by atoms with E-state index in [1.54, 1.807) is 17.0 Å². The van der Waals surface area contributed by atoms with Gasteiger partial charge < -0.3 is 15.0 Å². The lowest BCUT2D eigenvalue weighted by molar-refractivity contribution is -0.143. The van der Waals surface area contributed by atoms with E-state index in [0.717, 1.165) is 11.1 Å². The predicted molar refractivity (Wildman–Crippen MR) is 154 cm³/mol. The van der Waals surface area contributed by atoms with Crippen LogP contribution in [0.4, 0.5) is 0 Å². The summed E-state index contributed by atoms with van der Waals surface area (Å²) in [5.74, 6) is 0.125. The first-order chi connectivity index (χ1) is 17.8. The Morgan fingerprint density at radius 1 is 0.842 bits per heavy atom. The van der Waals surface area contributed by atoms with Crippen molar-refractivity contribution in [2.24, 2.45) is 0 Å². The van der Waals surface area contributed by atoms with Crippen molar-refractivity contribution in [2.75, 3.05) is 6.61 Å². The van der Waals surface area contributed by atoms with Crippen molar-refractivity contribution in [3.63, 3.8) is 0 Å². The van der Waals surface area contributed by atoms with E-state index in [-0.39, 0.29) is 30.4 Å². The smallest absolute Gasteiger partial charge is 0.261 e. The normalized spacial score (nSPS) is 12.5. The molecular formula is C32H39ClN2O3. The number of benzene rings is 3. The second kappa shape index (κ2) is 12.5. The molecule has 1 unspecified atom stereocenters. The highest BCUT2D eigenvalue weighted by Crippen LogP contribution is 2.24. The lowest BCUT2D eigenvalue weighted by Gasteiger charge is -2.33. The summed E-state index contributed by atoms with van der Waals surface area (Å²) in [6.07, 6.45) is 0.377. The zero-order valence-electron chi connectivity index (χ0n) is 23.3. The Labute approximate surface area is 232 Å². The largest absolute Gasteiger partial charge is 0.484 e. The number of carbonyl (C=O) groups excluding carboxylic acids is 2. The molecule has 1 N–H and O–H groups in total. The van der Waals surface area contributed by atoms with Gasteiger partial charge in [-0.15, -0.1) is 0 Å². The quantitative estimate of drug-likeness (QED) is 0.338. The second-order valence-electron chi connectivity index (χ2n) is 11.7. The fourth-order valence-corrected chi connectivity index (χ4v) is 4.20. The van der Waals surface area contributed by atoms with Gasteiger partial charge in [0.25, 0.3) is 5.91 Å². The van der Waals surface area contributed by atoms with Gasteiger partial charge in [-0.3, -0.25) is 9.59 Å². The predicted octanol–water partition coefficient (Wildman–Crippen LogP) is 6.57. The van der Waals surface area contributed by atoms with Gasteiger partial charge in [0, 0.05) is 23.5 Å². The third-order valence-corrected chi connectivity index (χ3v) is 6.37. The third-order valence-electron chi connectivity index (χ3n) is 6.12. The first-order valence-corrected chi connectivity index (χ1v) is 13.3. The van der Waals surface area contributed by atoms with Crippen molar-refractivity contribution < 1.29 is 14.3 Å². The van der Waals surface area contributed by atoms with Crippen LogP contribution >= 0.6 is 11.6 Å². The lowest BCUT2D eigenvalue weighted by Crippen LogP contribution is -2.55. The van der Waals surface area contributed by atoms with E-state index in [2.05, 4.69) is 26.1 Å². The Bertz CT molecular complexity index is 1190. The number of rotatable bonds is 9. The maximum absolute atomic E-state index is 13.7. The molecule has 5 nitrogen and oxygen atoms in total. The summed E-state index contributed by atoms with van der Waals surface area (Å²) in [6, 6.07) is 24.1. The van der Waals surface area contributed by atoms with Crippen LogP contribution in [0.5, 0.6) is 5.75 Å². The molecule has 3 rings (SSSR count). The van der Waals surface area contributed by atoms with Crippen LogP contribution < -0.4 is 10.1 Å². The molecule has 3 aromatic carbocycles. The van der Waals surface area contributed by atoms with Gasteiger partial charge in [-0.25, -0.2) is 0 Å². The van der Waals surface area contributed by atoms with E-state index < -0.39 is 11.6 Å². The molecule has 0 aromatic heterocycles. The van der Waals surface area contributed by atoms with E-state index >= 15 is 0 Å². The number of ether oxygens (including phenoxy) is 1. The van der Waals surface area contributed by atoms with Crippen LogP contribution in [0.25, 0.3) is 0 Å². The summed E-state index contributed by atoms with van der Waals surface area (Å²) < 4.78 is 5.91. The highest BCUT2D eigenvalue weighted by molar-refractivity contribution is 6.30. The molecule has 0 bridgehead atoms. The summed E-state index contributed by atoms with van der Waals surface area (Å²) in [4.78, 5) is 28.9. The summed E-state index contributed by atoms with van der Waals surface area (Å²) in [6.45, 7) is 12.3. The first kappa shape index (κ1) is 29.2. The zero-order chi connectivity index (χ0) is 27.9. The molecule has 0 heterocycles. The number of halogens is 1. The molecule has 1 atom stereocenters. The van der Waals surface area contributed by atoms with Crippen molar-refractivity contribution in [1.29, 1.82) is 0 Å². The molecular weight excluding hydrogens is 496 g/mol. The fraction of sp³-hybridized carbons (Fsp3) is 0.375. The minimum atomic E-state index is -0.730. The molecule has 202 valence electrons. The molecule has 0 fully saturated rings. The Morgan fingerprint density at radius 2 is 1.45 bits per heavy atom. The molecule has 2 amide bonds. The topological polar surface area (TPSA) is 58.6 Å². The minimum absolute atomic E-state index is 0.0226. The van der Waals surface area contributed by atoms with Crippen LogP contribution in [0.15, 0.2) is 78.9 Å². The molecule has 0 spiro atoms. The number of nitrogens with zero attached hydrogens (tertiary/aromatic N) is 1. The van der Waals surface area contributed by atoms with E-state index in [9.17, 15) is 9.59 Å². The van der Waals surface area contributed by atoms with E-state index in [4.69, 9.17) is 16.3 Å². The highest BCUT2D eigenvalue weighted by Gasteiger charge is 2.32. The SMILES string of the molecule is CC(C)(C)NC(=O)C(Cc1ccccc1)N(Cc1ccc(Cl)cc1)C(=O)COc1ccc(C(C)(C)C)cc1. The van der Waals surface area contributed by atoms with Gasteiger partial charge in [0.15, 0.2) is 6.61 Å². The maximum Gasteiger partial charge on any atom is 0.261 e. The van der Waals surface area contributed by atoms with Gasteiger partial charge in [-0.05, 0) is 67.1 Å². The fourth-order valence-electron chi connectivity index (χ4n) is 4.07. The molecule has 0 aliphatic rings. The van der Waals surface area contributed by atoms with Crippen molar-refractivity contribution >= 4 is 23.4 Å². The minimum Gasteiger partial charge on any atom is -0.484 e. The summed E-state index contributed by atoms with van der Waals surface area (Å²) in [7, 11) is 0. The number of carbonyl (C=O) groups is 2. The van der Waals surface area contributed by atoms with Crippen LogP contribution in [0.1, 0.15) is 58.2 Å². The van der Waals surface area contributed by atoms with Gasteiger partial charge in [-0.2, -0.15) is 0 Å². The number of hydrogen-bond donors (Lipinski definition) is 1. The number of nitrogens with one attached hydrogen (secondary N) is 1.